The number of carbonyl (C=O) groups is 5. The standard InChI is InChI=1S/C36H40N6O9S2/c1-5-36(32(46)47)19-42-30(45)27(31(42)53-20-36)40-29(44)26(24-18-52-33(37)39-24)41-49-16-10-15-25(43)50-28(21-11-7-6-8-12-21)22-13-9-14-23(17-22)38-34(48)51-35(2,3)4/h5-9,11-14,17-18,27-28,31H,1,10,15-16,19-20H2,2-4H3,(H2,37,39)(H,38,48)(H,40,44)(H,46,47)/t27?,28?,31-,36?/m1/s1. The number of thiazole rings is 1. The van der Waals surface area contributed by atoms with Crippen molar-refractivity contribution in [3.8, 4) is 0 Å². The van der Waals surface area contributed by atoms with Crippen LogP contribution in [0.1, 0.15) is 56.5 Å². The molecule has 3 aromatic rings. The third-order valence-corrected chi connectivity index (χ3v) is 10.4. The predicted octanol–water partition coefficient (Wildman–Crippen LogP) is 4.56. The van der Waals surface area contributed by atoms with Gasteiger partial charge in [0.2, 0.25) is 5.91 Å². The van der Waals surface area contributed by atoms with Gasteiger partial charge in [-0.2, -0.15) is 0 Å². The first-order chi connectivity index (χ1) is 25.2. The Kier molecular flexibility index (Phi) is 12.1. The maximum Gasteiger partial charge on any atom is 0.412 e. The fraction of sp³-hybridized carbons (Fsp3) is 0.361. The molecule has 53 heavy (non-hydrogen) atoms. The number of benzene rings is 2. The lowest BCUT2D eigenvalue weighted by Gasteiger charge is -2.53. The number of amides is 3. The highest BCUT2D eigenvalue weighted by Gasteiger charge is 2.56. The van der Waals surface area contributed by atoms with Crippen molar-refractivity contribution in [2.45, 2.75) is 56.7 Å². The molecule has 5 N–H and O–H groups in total. The number of ether oxygens (including phenoxy) is 2. The molecular formula is C36H40N6O9S2. The van der Waals surface area contributed by atoms with Crippen LogP contribution >= 0.6 is 23.1 Å². The Balaban J connectivity index is 1.19. The summed E-state index contributed by atoms with van der Waals surface area (Å²) in [5.41, 5.74) is 5.57. The zero-order chi connectivity index (χ0) is 38.3. The van der Waals surface area contributed by atoms with Crippen LogP contribution in [0.3, 0.4) is 0 Å². The van der Waals surface area contributed by atoms with E-state index in [0.717, 1.165) is 16.9 Å². The highest BCUT2D eigenvalue weighted by atomic mass is 32.2. The molecule has 2 aliphatic heterocycles. The lowest BCUT2D eigenvalue weighted by atomic mass is 9.87. The van der Waals surface area contributed by atoms with Crippen molar-refractivity contribution >= 4 is 69.5 Å². The van der Waals surface area contributed by atoms with Gasteiger partial charge in [0.1, 0.15) is 34.7 Å². The first kappa shape index (κ1) is 38.8. The second-order valence-electron chi connectivity index (χ2n) is 13.3. The molecule has 3 heterocycles. The smallest absolute Gasteiger partial charge is 0.412 e. The van der Waals surface area contributed by atoms with E-state index in [9.17, 15) is 29.1 Å². The number of carbonyl (C=O) groups excluding carboxylic acids is 4. The van der Waals surface area contributed by atoms with E-state index in [2.05, 4.69) is 27.4 Å². The predicted molar refractivity (Wildman–Crippen MR) is 199 cm³/mol. The van der Waals surface area contributed by atoms with Gasteiger partial charge in [0.15, 0.2) is 16.9 Å². The lowest BCUT2D eigenvalue weighted by Crippen LogP contribution is -2.73. The zero-order valence-corrected chi connectivity index (χ0v) is 30.9. The van der Waals surface area contributed by atoms with Gasteiger partial charge in [0.05, 0.1) is 0 Å². The Bertz CT molecular complexity index is 1900. The number of hydrogen-bond donors (Lipinski definition) is 4. The number of oxime groups is 1. The van der Waals surface area contributed by atoms with Gasteiger partial charge in [-0.3, -0.25) is 24.5 Å². The van der Waals surface area contributed by atoms with Gasteiger partial charge in [0.25, 0.3) is 5.91 Å². The molecule has 3 unspecified atom stereocenters. The van der Waals surface area contributed by atoms with Gasteiger partial charge in [-0.1, -0.05) is 53.7 Å². The second-order valence-corrected chi connectivity index (χ2v) is 15.3. The summed E-state index contributed by atoms with van der Waals surface area (Å²) in [6, 6.07) is 15.2. The monoisotopic (exact) mass is 764 g/mol. The van der Waals surface area contributed by atoms with Crippen molar-refractivity contribution in [2.75, 3.05) is 30.0 Å². The normalized spacial score (nSPS) is 20.2. The number of carboxylic acids is 1. The Morgan fingerprint density at radius 1 is 1.17 bits per heavy atom. The summed E-state index contributed by atoms with van der Waals surface area (Å²) in [5.74, 6) is -2.58. The van der Waals surface area contributed by atoms with Gasteiger partial charge in [-0.05, 0) is 50.5 Å². The molecule has 0 spiro atoms. The van der Waals surface area contributed by atoms with Crippen LogP contribution in [0.25, 0.3) is 0 Å². The Labute approximate surface area is 313 Å². The van der Waals surface area contributed by atoms with Crippen LogP contribution in [0.2, 0.25) is 0 Å². The summed E-state index contributed by atoms with van der Waals surface area (Å²) < 4.78 is 11.3. The van der Waals surface area contributed by atoms with Gasteiger partial charge in [-0.25, -0.2) is 9.78 Å². The summed E-state index contributed by atoms with van der Waals surface area (Å²) in [6.07, 6.45) is 0.0712. The average Bonchev–Trinajstić information content (AvgIpc) is 3.55. The van der Waals surface area contributed by atoms with Crippen LogP contribution in [0.5, 0.6) is 0 Å². The van der Waals surface area contributed by atoms with Crippen LogP contribution < -0.4 is 16.4 Å². The molecule has 17 heteroatoms. The molecule has 3 amide bonds. The SMILES string of the molecule is C=CC1(C(=O)O)CS[C@@H]2C(NC(=O)C(=NOCCCC(=O)OC(c3ccccc3)c3cccc(NC(=O)OC(C)(C)C)c3)c3csc(N)n3)C(=O)N2C1. The molecule has 2 fully saturated rings. The molecular weight excluding hydrogens is 725 g/mol. The van der Waals surface area contributed by atoms with E-state index in [1.165, 1.54) is 28.1 Å². The minimum Gasteiger partial charge on any atom is -0.481 e. The van der Waals surface area contributed by atoms with E-state index in [4.69, 9.17) is 20.0 Å². The van der Waals surface area contributed by atoms with E-state index >= 15 is 0 Å². The molecule has 0 bridgehead atoms. The number of nitrogen functional groups attached to an aromatic ring is 1. The van der Waals surface area contributed by atoms with Gasteiger partial charge in [0, 0.05) is 29.8 Å². The molecule has 0 aliphatic carbocycles. The molecule has 0 saturated carbocycles. The lowest BCUT2D eigenvalue weighted by molar-refractivity contribution is -0.156. The number of thioether (sulfide) groups is 1. The topological polar surface area (TPSA) is 212 Å². The summed E-state index contributed by atoms with van der Waals surface area (Å²) in [5, 5.41) is 20.3. The van der Waals surface area contributed by atoms with Crippen molar-refractivity contribution in [1.82, 2.24) is 15.2 Å². The van der Waals surface area contributed by atoms with E-state index < -0.39 is 58.4 Å². The first-order valence-corrected chi connectivity index (χ1v) is 18.5. The second kappa shape index (κ2) is 16.5. The van der Waals surface area contributed by atoms with Crippen LogP contribution in [0, 0.1) is 5.41 Å². The Hall–Kier alpha value is -5.42. The van der Waals surface area contributed by atoms with Gasteiger partial charge < -0.3 is 35.4 Å². The Morgan fingerprint density at radius 3 is 2.57 bits per heavy atom. The van der Waals surface area contributed by atoms with Crippen LogP contribution in [0.4, 0.5) is 15.6 Å². The number of aromatic nitrogens is 1. The van der Waals surface area contributed by atoms with Crippen LogP contribution in [-0.4, -0.2) is 86.5 Å². The van der Waals surface area contributed by atoms with Gasteiger partial charge in [-0.15, -0.1) is 29.7 Å². The maximum atomic E-state index is 13.4. The number of nitrogens with two attached hydrogens (primary N) is 1. The minimum absolute atomic E-state index is 0.0479. The largest absolute Gasteiger partial charge is 0.481 e. The maximum absolute atomic E-state index is 13.4. The van der Waals surface area contributed by atoms with E-state index in [1.54, 1.807) is 45.0 Å². The number of carboxylic acid groups (broad SMARTS) is 1. The van der Waals surface area contributed by atoms with E-state index in [0.29, 0.717) is 11.3 Å². The number of hydrogen-bond acceptors (Lipinski definition) is 13. The molecule has 5 rings (SSSR count). The number of esters is 1. The summed E-state index contributed by atoms with van der Waals surface area (Å²) in [7, 11) is 0. The number of rotatable bonds is 14. The third-order valence-electron chi connectivity index (χ3n) is 8.15. The summed E-state index contributed by atoms with van der Waals surface area (Å²) >= 11 is 2.32. The number of β-lactam (4-membered cyclic amide) rings is 1. The van der Waals surface area contributed by atoms with Crippen molar-refractivity contribution in [1.29, 1.82) is 0 Å². The van der Waals surface area contributed by atoms with Crippen molar-refractivity contribution in [2.24, 2.45) is 10.6 Å². The summed E-state index contributed by atoms with van der Waals surface area (Å²) in [6.45, 7) is 8.81. The number of fused-ring (bicyclic) bond motifs is 1. The molecule has 0 radical (unpaired) electrons. The fourth-order valence-electron chi connectivity index (χ4n) is 5.48. The molecule has 4 atom stereocenters. The van der Waals surface area contributed by atoms with Gasteiger partial charge >= 0.3 is 18.0 Å². The number of nitrogens with zero attached hydrogens (tertiary/aromatic N) is 3. The third kappa shape index (κ3) is 9.53. The molecule has 280 valence electrons. The van der Waals surface area contributed by atoms with Crippen LogP contribution in [0.15, 0.2) is 77.8 Å². The molecule has 1 aromatic heterocycles. The van der Waals surface area contributed by atoms with Crippen LogP contribution in [-0.2, 0) is 33.5 Å². The number of anilines is 2. The molecule has 2 aromatic carbocycles. The van der Waals surface area contributed by atoms with E-state index in [1.807, 2.05) is 30.3 Å². The molecule has 2 saturated heterocycles. The number of nitrogens with one attached hydrogen (secondary N) is 2. The highest BCUT2D eigenvalue weighted by molar-refractivity contribution is 8.00. The average molecular weight is 765 g/mol. The molecule has 2 aliphatic rings. The first-order valence-electron chi connectivity index (χ1n) is 16.6. The molecule has 15 nitrogen and oxygen atoms in total. The quantitative estimate of drug-likeness (QED) is 0.0444. The van der Waals surface area contributed by atoms with Crippen molar-refractivity contribution < 1.29 is 43.4 Å². The van der Waals surface area contributed by atoms with Crippen molar-refractivity contribution in [3.63, 3.8) is 0 Å². The minimum atomic E-state index is -1.27. The fourth-order valence-corrected chi connectivity index (χ4v) is 7.57. The van der Waals surface area contributed by atoms with E-state index in [-0.39, 0.29) is 48.3 Å². The van der Waals surface area contributed by atoms with Crippen molar-refractivity contribution in [3.05, 3.63) is 89.5 Å². The number of aliphatic carboxylic acids is 1. The zero-order valence-electron chi connectivity index (χ0n) is 29.3. The highest BCUT2D eigenvalue weighted by Crippen LogP contribution is 2.42. The summed E-state index contributed by atoms with van der Waals surface area (Å²) in [4.78, 5) is 74.6. The Morgan fingerprint density at radius 2 is 1.91 bits per heavy atom.